The Kier molecular flexibility index (Phi) is 6.47. The van der Waals surface area contributed by atoms with Crippen LogP contribution in [0.25, 0.3) is 0 Å². The van der Waals surface area contributed by atoms with Gasteiger partial charge < -0.3 is 19.7 Å². The van der Waals surface area contributed by atoms with Crippen molar-refractivity contribution in [3.05, 3.63) is 24.3 Å². The monoisotopic (exact) mass is 411 g/mol. The summed E-state index contributed by atoms with van der Waals surface area (Å²) in [4.78, 5) is 14.4. The summed E-state index contributed by atoms with van der Waals surface area (Å²) in [5.74, 6) is 0.373. The summed E-state index contributed by atoms with van der Waals surface area (Å²) < 4.78 is 39.5. The van der Waals surface area contributed by atoms with Gasteiger partial charge >= 0.3 is 6.03 Å². The van der Waals surface area contributed by atoms with E-state index in [9.17, 15) is 13.2 Å². The second kappa shape index (κ2) is 8.67. The Balaban J connectivity index is 1.92. The average molecular weight is 412 g/mol. The molecule has 3 rings (SSSR count). The van der Waals surface area contributed by atoms with Crippen molar-refractivity contribution in [2.45, 2.75) is 49.8 Å². The summed E-state index contributed by atoms with van der Waals surface area (Å²) in [6, 6.07) is 6.31. The van der Waals surface area contributed by atoms with Gasteiger partial charge in [-0.15, -0.1) is 0 Å². The van der Waals surface area contributed by atoms with E-state index in [0.717, 1.165) is 0 Å². The van der Waals surface area contributed by atoms with Crippen LogP contribution in [0.3, 0.4) is 0 Å². The van der Waals surface area contributed by atoms with Gasteiger partial charge in [-0.05, 0) is 32.4 Å². The largest absolute Gasteiger partial charge is 0.487 e. The lowest BCUT2D eigenvalue weighted by molar-refractivity contribution is 0.0958. The van der Waals surface area contributed by atoms with E-state index in [-0.39, 0.29) is 35.7 Å². The van der Waals surface area contributed by atoms with E-state index < -0.39 is 10.0 Å². The molecule has 1 fully saturated rings. The maximum absolute atomic E-state index is 13.4. The number of methoxy groups -OCH3 is 1. The number of carbonyl (C=O) groups excluding carboxylic acids is 1. The summed E-state index contributed by atoms with van der Waals surface area (Å²) in [7, 11) is -2.17. The van der Waals surface area contributed by atoms with Gasteiger partial charge in [0, 0.05) is 39.2 Å². The quantitative estimate of drug-likeness (QED) is 0.814. The third kappa shape index (κ3) is 4.26. The molecule has 8 nitrogen and oxygen atoms in total. The number of carbonyl (C=O) groups is 1. The maximum atomic E-state index is 13.4. The normalized spacial score (nSPS) is 24.5. The van der Waals surface area contributed by atoms with E-state index in [4.69, 9.17) is 9.47 Å². The molecule has 0 unspecified atom stereocenters. The highest BCUT2D eigenvalue weighted by Gasteiger charge is 2.43. The van der Waals surface area contributed by atoms with Crippen molar-refractivity contribution in [3.63, 3.8) is 0 Å². The van der Waals surface area contributed by atoms with E-state index in [1.807, 2.05) is 13.8 Å². The molecule has 1 aromatic rings. The van der Waals surface area contributed by atoms with Gasteiger partial charge in [-0.25, -0.2) is 13.2 Å². The third-order valence-corrected chi connectivity index (χ3v) is 7.07. The number of para-hydroxylation sites is 1. The second-order valence-corrected chi connectivity index (χ2v) is 9.31. The lowest BCUT2D eigenvalue weighted by atomic mass is 10.1. The lowest BCUT2D eigenvalue weighted by Crippen LogP contribution is -2.48. The van der Waals surface area contributed by atoms with Crippen LogP contribution < -0.4 is 10.1 Å². The first-order chi connectivity index (χ1) is 13.3. The highest BCUT2D eigenvalue weighted by atomic mass is 32.2. The van der Waals surface area contributed by atoms with Crippen molar-refractivity contribution in [1.29, 1.82) is 0 Å². The molecule has 0 spiro atoms. The van der Waals surface area contributed by atoms with Crippen molar-refractivity contribution in [3.8, 4) is 5.75 Å². The van der Waals surface area contributed by atoms with Crippen LogP contribution in [-0.4, -0.2) is 75.2 Å². The maximum Gasteiger partial charge on any atom is 0.317 e. The SMILES string of the molecule is COCCN1[C@@H]2CCN(C(=O)NC(C)C)CC[C@H]2Oc2ccccc2S1(=O)=O. The molecule has 1 N–H and O–H groups in total. The van der Waals surface area contributed by atoms with E-state index in [1.54, 1.807) is 36.3 Å². The number of amides is 2. The minimum atomic E-state index is -3.73. The Labute approximate surface area is 166 Å². The van der Waals surface area contributed by atoms with Crippen molar-refractivity contribution < 1.29 is 22.7 Å². The van der Waals surface area contributed by atoms with E-state index in [2.05, 4.69) is 5.32 Å². The standard InChI is InChI=1S/C19H29N3O5S/c1-14(2)20-19(23)21-10-8-15-16(9-11-21)27-17-6-4-5-7-18(17)28(24,25)22(15)12-13-26-3/h4-7,14-16H,8-13H2,1-3H3,(H,20,23)/t15-,16-/m1/s1. The van der Waals surface area contributed by atoms with Gasteiger partial charge in [-0.3, -0.25) is 0 Å². The first-order valence-electron chi connectivity index (χ1n) is 9.66. The number of urea groups is 1. The van der Waals surface area contributed by atoms with Crippen molar-refractivity contribution in [1.82, 2.24) is 14.5 Å². The number of likely N-dealkylation sites (tertiary alicyclic amines) is 1. The van der Waals surface area contributed by atoms with Crippen molar-refractivity contribution in [2.75, 3.05) is 33.4 Å². The molecule has 0 bridgehead atoms. The van der Waals surface area contributed by atoms with Crippen LogP contribution >= 0.6 is 0 Å². The number of rotatable bonds is 4. The van der Waals surface area contributed by atoms with E-state index >= 15 is 0 Å². The van der Waals surface area contributed by atoms with Gasteiger partial charge in [0.25, 0.3) is 0 Å². The molecule has 28 heavy (non-hydrogen) atoms. The van der Waals surface area contributed by atoms with Gasteiger partial charge in [0.15, 0.2) is 0 Å². The summed E-state index contributed by atoms with van der Waals surface area (Å²) >= 11 is 0. The lowest BCUT2D eigenvalue weighted by Gasteiger charge is -2.31. The van der Waals surface area contributed by atoms with E-state index in [1.165, 1.54) is 4.31 Å². The van der Waals surface area contributed by atoms with Crippen molar-refractivity contribution in [2.24, 2.45) is 0 Å². The molecule has 0 aliphatic carbocycles. The summed E-state index contributed by atoms with van der Waals surface area (Å²) in [5.41, 5.74) is 0. The molecule has 1 saturated heterocycles. The van der Waals surface area contributed by atoms with Gasteiger partial charge in [0.1, 0.15) is 16.7 Å². The highest BCUT2D eigenvalue weighted by Crippen LogP contribution is 2.36. The molecular formula is C19H29N3O5S. The Bertz CT molecular complexity index is 799. The summed E-state index contributed by atoms with van der Waals surface area (Å²) in [5, 5.41) is 2.91. The Hall–Kier alpha value is -1.84. The fourth-order valence-corrected chi connectivity index (χ4v) is 5.55. The topological polar surface area (TPSA) is 88.2 Å². The van der Waals surface area contributed by atoms with Crippen molar-refractivity contribution >= 4 is 16.1 Å². The van der Waals surface area contributed by atoms with Crippen LogP contribution in [0.5, 0.6) is 5.75 Å². The smallest absolute Gasteiger partial charge is 0.317 e. The molecule has 2 amide bonds. The van der Waals surface area contributed by atoms with Crippen LogP contribution in [0, 0.1) is 0 Å². The Morgan fingerprint density at radius 2 is 2.00 bits per heavy atom. The number of fused-ring (bicyclic) bond motifs is 2. The molecule has 0 aromatic heterocycles. The number of nitrogens with one attached hydrogen (secondary N) is 1. The average Bonchev–Trinajstić information content (AvgIpc) is 2.88. The number of sulfonamides is 1. The van der Waals surface area contributed by atoms with Crippen LogP contribution in [0.4, 0.5) is 4.79 Å². The first kappa shape index (κ1) is 20.9. The van der Waals surface area contributed by atoms with Crippen LogP contribution in [0.15, 0.2) is 29.2 Å². The fourth-order valence-electron chi connectivity index (χ4n) is 3.77. The third-order valence-electron chi connectivity index (χ3n) is 5.11. The minimum absolute atomic E-state index is 0.0444. The molecule has 2 atom stereocenters. The molecule has 9 heteroatoms. The predicted molar refractivity (Wildman–Crippen MR) is 105 cm³/mol. The number of benzene rings is 1. The van der Waals surface area contributed by atoms with E-state index in [0.29, 0.717) is 38.3 Å². The van der Waals surface area contributed by atoms with Gasteiger partial charge in [-0.1, -0.05) is 12.1 Å². The van der Waals surface area contributed by atoms with Gasteiger partial charge in [0.2, 0.25) is 10.0 Å². The molecule has 2 aliphatic rings. The highest BCUT2D eigenvalue weighted by molar-refractivity contribution is 7.89. The molecule has 2 aliphatic heterocycles. The molecule has 2 heterocycles. The molecule has 156 valence electrons. The fraction of sp³-hybridized carbons (Fsp3) is 0.632. The summed E-state index contributed by atoms with van der Waals surface area (Å²) in [6.45, 7) is 5.36. The van der Waals surface area contributed by atoms with Crippen LogP contribution in [-0.2, 0) is 14.8 Å². The number of nitrogens with zero attached hydrogens (tertiary/aromatic N) is 2. The number of hydrogen-bond acceptors (Lipinski definition) is 5. The molecule has 0 saturated carbocycles. The van der Waals surface area contributed by atoms with Crippen LogP contribution in [0.2, 0.25) is 0 Å². The zero-order valence-corrected chi connectivity index (χ0v) is 17.4. The van der Waals surface area contributed by atoms with Crippen LogP contribution in [0.1, 0.15) is 26.7 Å². The summed E-state index contributed by atoms with van der Waals surface area (Å²) in [6.07, 6.45) is 0.739. The van der Waals surface area contributed by atoms with Gasteiger partial charge in [-0.2, -0.15) is 4.31 Å². The minimum Gasteiger partial charge on any atom is -0.487 e. The Morgan fingerprint density at radius 1 is 1.29 bits per heavy atom. The zero-order chi connectivity index (χ0) is 20.3. The zero-order valence-electron chi connectivity index (χ0n) is 16.6. The number of ether oxygens (including phenoxy) is 2. The predicted octanol–water partition coefficient (Wildman–Crippen LogP) is 1.67. The molecule has 0 radical (unpaired) electrons. The molecular weight excluding hydrogens is 382 g/mol. The van der Waals surface area contributed by atoms with Gasteiger partial charge in [0.05, 0.1) is 12.6 Å². The number of hydrogen-bond donors (Lipinski definition) is 1. The second-order valence-electron chi connectivity index (χ2n) is 7.45. The Morgan fingerprint density at radius 3 is 2.71 bits per heavy atom. The first-order valence-corrected chi connectivity index (χ1v) is 11.1. The molecule has 1 aromatic carbocycles.